The standard InChI is InChI=1S/C15H27N3O/c19-15(16-13-5-4-6-13)18-11-7-14(8-12-18)17-9-2-1-3-10-17/h13-14H,1-12H2,(H,16,19). The summed E-state index contributed by atoms with van der Waals surface area (Å²) in [6.07, 6.45) is 10.1. The SMILES string of the molecule is O=C(NC1CCC1)N1CCC(N2CCCCC2)CC1. The molecule has 3 fully saturated rings. The number of rotatable bonds is 2. The van der Waals surface area contributed by atoms with Crippen LogP contribution in [0.15, 0.2) is 0 Å². The molecule has 2 amide bonds. The highest BCUT2D eigenvalue weighted by Gasteiger charge is 2.29. The zero-order valence-corrected chi connectivity index (χ0v) is 11.9. The van der Waals surface area contributed by atoms with Crippen LogP contribution in [-0.4, -0.2) is 54.1 Å². The fourth-order valence-electron chi connectivity index (χ4n) is 3.54. The largest absolute Gasteiger partial charge is 0.335 e. The van der Waals surface area contributed by atoms with Gasteiger partial charge in [-0.15, -0.1) is 0 Å². The highest BCUT2D eigenvalue weighted by molar-refractivity contribution is 5.74. The van der Waals surface area contributed by atoms with Crippen LogP contribution in [0, 0.1) is 0 Å². The summed E-state index contributed by atoms with van der Waals surface area (Å²) in [6.45, 7) is 4.44. The van der Waals surface area contributed by atoms with Gasteiger partial charge < -0.3 is 15.1 Å². The average Bonchev–Trinajstić information content (AvgIpc) is 2.44. The molecule has 0 unspecified atom stereocenters. The minimum atomic E-state index is 0.182. The van der Waals surface area contributed by atoms with Gasteiger partial charge in [0.25, 0.3) is 0 Å². The zero-order valence-electron chi connectivity index (χ0n) is 11.9. The Morgan fingerprint density at radius 2 is 1.53 bits per heavy atom. The van der Waals surface area contributed by atoms with Crippen LogP contribution in [0.25, 0.3) is 0 Å². The molecule has 0 aromatic heterocycles. The number of hydrogen-bond acceptors (Lipinski definition) is 2. The van der Waals surface area contributed by atoms with Crippen LogP contribution in [0.4, 0.5) is 4.79 Å². The highest BCUT2D eigenvalue weighted by atomic mass is 16.2. The van der Waals surface area contributed by atoms with Crippen molar-refractivity contribution in [3.05, 3.63) is 0 Å². The van der Waals surface area contributed by atoms with Crippen molar-refractivity contribution in [2.45, 2.75) is 63.5 Å². The summed E-state index contributed by atoms with van der Waals surface area (Å²) in [5.74, 6) is 0. The predicted octanol–water partition coefficient (Wildman–Crippen LogP) is 2.20. The van der Waals surface area contributed by atoms with Gasteiger partial charge in [0.1, 0.15) is 0 Å². The van der Waals surface area contributed by atoms with E-state index in [-0.39, 0.29) is 6.03 Å². The fraction of sp³-hybridized carbons (Fsp3) is 0.933. The summed E-state index contributed by atoms with van der Waals surface area (Å²) in [5.41, 5.74) is 0. The maximum Gasteiger partial charge on any atom is 0.317 e. The van der Waals surface area contributed by atoms with Gasteiger partial charge in [-0.1, -0.05) is 6.42 Å². The van der Waals surface area contributed by atoms with E-state index in [4.69, 9.17) is 0 Å². The minimum absolute atomic E-state index is 0.182. The Bertz CT molecular complexity index is 303. The molecule has 4 nitrogen and oxygen atoms in total. The maximum atomic E-state index is 12.1. The molecular weight excluding hydrogens is 238 g/mol. The summed E-state index contributed by atoms with van der Waals surface area (Å²) in [4.78, 5) is 16.8. The lowest BCUT2D eigenvalue weighted by Crippen LogP contribution is -2.53. The molecule has 1 N–H and O–H groups in total. The van der Waals surface area contributed by atoms with Crippen molar-refractivity contribution < 1.29 is 4.79 Å². The van der Waals surface area contributed by atoms with E-state index < -0.39 is 0 Å². The summed E-state index contributed by atoms with van der Waals surface area (Å²) in [6, 6.07) is 1.38. The zero-order chi connectivity index (χ0) is 13.1. The van der Waals surface area contributed by atoms with Gasteiger partial charge >= 0.3 is 6.03 Å². The molecule has 2 aliphatic heterocycles. The molecule has 0 bridgehead atoms. The predicted molar refractivity (Wildman–Crippen MR) is 76.2 cm³/mol. The monoisotopic (exact) mass is 265 g/mol. The van der Waals surface area contributed by atoms with Crippen molar-refractivity contribution in [1.29, 1.82) is 0 Å². The van der Waals surface area contributed by atoms with Gasteiger partial charge in [-0.3, -0.25) is 0 Å². The van der Waals surface area contributed by atoms with Crippen molar-refractivity contribution in [1.82, 2.24) is 15.1 Å². The Morgan fingerprint density at radius 3 is 2.11 bits per heavy atom. The van der Waals surface area contributed by atoms with Crippen molar-refractivity contribution in [3.8, 4) is 0 Å². The van der Waals surface area contributed by atoms with E-state index in [9.17, 15) is 4.79 Å². The molecule has 19 heavy (non-hydrogen) atoms. The van der Waals surface area contributed by atoms with Crippen LogP contribution in [-0.2, 0) is 0 Å². The Hall–Kier alpha value is -0.770. The van der Waals surface area contributed by atoms with Crippen molar-refractivity contribution in [2.24, 2.45) is 0 Å². The Balaban J connectivity index is 1.41. The molecule has 0 atom stereocenters. The third-order valence-electron chi connectivity index (χ3n) is 5.09. The van der Waals surface area contributed by atoms with Gasteiger partial charge in [-0.25, -0.2) is 4.79 Å². The molecule has 2 heterocycles. The minimum Gasteiger partial charge on any atom is -0.335 e. The van der Waals surface area contributed by atoms with Crippen LogP contribution < -0.4 is 5.32 Å². The molecule has 3 rings (SSSR count). The number of carbonyl (C=O) groups excluding carboxylic acids is 1. The number of hydrogen-bond donors (Lipinski definition) is 1. The lowest BCUT2D eigenvalue weighted by Gasteiger charge is -2.40. The van der Waals surface area contributed by atoms with Gasteiger partial charge in [-0.05, 0) is 58.0 Å². The number of amides is 2. The van der Waals surface area contributed by atoms with Crippen LogP contribution in [0.1, 0.15) is 51.4 Å². The van der Waals surface area contributed by atoms with Crippen LogP contribution in [0.2, 0.25) is 0 Å². The van der Waals surface area contributed by atoms with E-state index in [2.05, 4.69) is 10.2 Å². The number of piperidine rings is 2. The first-order chi connectivity index (χ1) is 9.33. The van der Waals surface area contributed by atoms with Crippen molar-refractivity contribution in [2.75, 3.05) is 26.2 Å². The van der Waals surface area contributed by atoms with Crippen molar-refractivity contribution >= 4 is 6.03 Å². The van der Waals surface area contributed by atoms with E-state index in [0.717, 1.165) is 32.0 Å². The first kappa shape index (κ1) is 13.2. The molecule has 108 valence electrons. The molecular formula is C15H27N3O. The molecule has 3 aliphatic rings. The van der Waals surface area contributed by atoms with Crippen LogP contribution in [0.3, 0.4) is 0 Å². The lowest BCUT2D eigenvalue weighted by atomic mass is 9.93. The van der Waals surface area contributed by atoms with E-state index in [1.807, 2.05) is 4.90 Å². The van der Waals surface area contributed by atoms with E-state index in [1.165, 1.54) is 51.6 Å². The number of urea groups is 1. The number of nitrogens with zero attached hydrogens (tertiary/aromatic N) is 2. The van der Waals surface area contributed by atoms with E-state index in [0.29, 0.717) is 6.04 Å². The van der Waals surface area contributed by atoms with Crippen LogP contribution >= 0.6 is 0 Å². The summed E-state index contributed by atoms with van der Waals surface area (Å²) in [7, 11) is 0. The first-order valence-electron chi connectivity index (χ1n) is 8.12. The molecule has 4 heteroatoms. The summed E-state index contributed by atoms with van der Waals surface area (Å²) < 4.78 is 0. The third-order valence-corrected chi connectivity index (χ3v) is 5.09. The molecule has 2 saturated heterocycles. The average molecular weight is 265 g/mol. The lowest BCUT2D eigenvalue weighted by molar-refractivity contribution is 0.0994. The summed E-state index contributed by atoms with van der Waals surface area (Å²) in [5, 5.41) is 3.15. The number of nitrogens with one attached hydrogen (secondary N) is 1. The third kappa shape index (κ3) is 3.22. The second-order valence-electron chi connectivity index (χ2n) is 6.39. The second kappa shape index (κ2) is 6.12. The molecule has 0 spiro atoms. The highest BCUT2D eigenvalue weighted by Crippen LogP contribution is 2.22. The smallest absolute Gasteiger partial charge is 0.317 e. The Morgan fingerprint density at radius 1 is 0.842 bits per heavy atom. The Kier molecular flexibility index (Phi) is 4.26. The van der Waals surface area contributed by atoms with Gasteiger partial charge in [0.05, 0.1) is 0 Å². The van der Waals surface area contributed by atoms with Gasteiger partial charge in [-0.2, -0.15) is 0 Å². The fourth-order valence-corrected chi connectivity index (χ4v) is 3.54. The number of likely N-dealkylation sites (tertiary alicyclic amines) is 2. The van der Waals surface area contributed by atoms with E-state index in [1.54, 1.807) is 0 Å². The van der Waals surface area contributed by atoms with Crippen molar-refractivity contribution in [3.63, 3.8) is 0 Å². The normalized spacial score (nSPS) is 27.1. The van der Waals surface area contributed by atoms with Crippen LogP contribution in [0.5, 0.6) is 0 Å². The maximum absolute atomic E-state index is 12.1. The van der Waals surface area contributed by atoms with E-state index >= 15 is 0 Å². The number of carbonyl (C=O) groups is 1. The molecule has 0 radical (unpaired) electrons. The first-order valence-corrected chi connectivity index (χ1v) is 8.12. The van der Waals surface area contributed by atoms with Gasteiger partial charge in [0.2, 0.25) is 0 Å². The van der Waals surface area contributed by atoms with Gasteiger partial charge in [0, 0.05) is 25.2 Å². The summed E-state index contributed by atoms with van der Waals surface area (Å²) >= 11 is 0. The Labute approximate surface area is 116 Å². The topological polar surface area (TPSA) is 35.6 Å². The molecule has 0 aromatic carbocycles. The molecule has 0 aromatic rings. The second-order valence-corrected chi connectivity index (χ2v) is 6.39. The molecule has 1 saturated carbocycles. The molecule has 1 aliphatic carbocycles. The quantitative estimate of drug-likeness (QED) is 0.831. The van der Waals surface area contributed by atoms with Gasteiger partial charge in [0.15, 0.2) is 0 Å².